The van der Waals surface area contributed by atoms with Crippen LogP contribution in [0.1, 0.15) is 42.4 Å². The van der Waals surface area contributed by atoms with Crippen molar-refractivity contribution in [3.8, 4) is 5.75 Å². The molecule has 0 fully saturated rings. The van der Waals surface area contributed by atoms with E-state index in [1.807, 2.05) is 31.2 Å². The number of nitrogens with zero attached hydrogens (tertiary/aromatic N) is 1. The topological polar surface area (TPSA) is 72.6 Å². The Bertz CT molecular complexity index is 1020. The molecule has 0 bridgehead atoms. The van der Waals surface area contributed by atoms with Gasteiger partial charge in [-0.3, -0.25) is 0 Å². The van der Waals surface area contributed by atoms with Crippen LogP contribution in [0.5, 0.6) is 5.75 Å². The molecular formula is C23H31Cl3N2O3S. The molecule has 2 atom stereocenters. The van der Waals surface area contributed by atoms with E-state index in [1.165, 1.54) is 15.4 Å². The van der Waals surface area contributed by atoms with Gasteiger partial charge in [0.2, 0.25) is 10.0 Å². The van der Waals surface area contributed by atoms with E-state index in [0.717, 1.165) is 30.6 Å². The fraction of sp³-hybridized carbons (Fsp3) is 0.478. The lowest BCUT2D eigenvalue weighted by Gasteiger charge is -2.32. The van der Waals surface area contributed by atoms with Gasteiger partial charge in [-0.1, -0.05) is 42.3 Å². The Kier molecular flexibility index (Phi) is 10.1. The highest BCUT2D eigenvalue weighted by molar-refractivity contribution is 7.89. The average molecular weight is 522 g/mol. The Morgan fingerprint density at radius 2 is 1.91 bits per heavy atom. The van der Waals surface area contributed by atoms with Crippen LogP contribution in [0.2, 0.25) is 10.0 Å². The zero-order chi connectivity index (χ0) is 22.6. The third-order valence-electron chi connectivity index (χ3n) is 5.83. The van der Waals surface area contributed by atoms with Crippen molar-refractivity contribution in [2.75, 3.05) is 26.0 Å². The fourth-order valence-electron chi connectivity index (χ4n) is 4.02. The lowest BCUT2D eigenvalue weighted by molar-refractivity contribution is 0.286. The Morgan fingerprint density at radius 3 is 2.59 bits per heavy atom. The molecule has 0 saturated carbocycles. The van der Waals surface area contributed by atoms with Crippen molar-refractivity contribution in [2.24, 2.45) is 5.73 Å². The number of fused-ring (bicyclic) bond motifs is 1. The highest BCUT2D eigenvalue weighted by atomic mass is 35.5. The summed E-state index contributed by atoms with van der Waals surface area (Å²) in [5, 5.41) is 1.09. The summed E-state index contributed by atoms with van der Waals surface area (Å²) in [6.45, 7) is 2.46. The van der Waals surface area contributed by atoms with E-state index in [-0.39, 0.29) is 30.1 Å². The first-order valence-corrected chi connectivity index (χ1v) is 13.0. The molecule has 178 valence electrons. The van der Waals surface area contributed by atoms with Crippen molar-refractivity contribution in [1.29, 1.82) is 0 Å². The molecule has 32 heavy (non-hydrogen) atoms. The van der Waals surface area contributed by atoms with Gasteiger partial charge in [-0.15, -0.1) is 12.4 Å². The van der Waals surface area contributed by atoms with Gasteiger partial charge in [-0.05, 0) is 66.6 Å². The first kappa shape index (κ1) is 27.2. The summed E-state index contributed by atoms with van der Waals surface area (Å²) in [6, 6.07) is 11.8. The molecule has 9 heteroatoms. The fourth-order valence-corrected chi connectivity index (χ4v) is 5.52. The number of sulfonamides is 1. The largest absolute Gasteiger partial charge is 0.492 e. The molecule has 1 aliphatic carbocycles. The number of nitrogens with two attached hydrogens (primary N) is 1. The number of benzene rings is 2. The molecule has 5 nitrogen and oxygen atoms in total. The lowest BCUT2D eigenvalue weighted by Crippen LogP contribution is -2.34. The summed E-state index contributed by atoms with van der Waals surface area (Å²) in [5.74, 6) is 1.03. The van der Waals surface area contributed by atoms with Crippen molar-refractivity contribution >= 4 is 45.6 Å². The first-order chi connectivity index (χ1) is 14.7. The second kappa shape index (κ2) is 11.9. The van der Waals surface area contributed by atoms with Gasteiger partial charge in [-0.2, -0.15) is 0 Å². The minimum Gasteiger partial charge on any atom is -0.492 e. The summed E-state index contributed by atoms with van der Waals surface area (Å²) < 4.78 is 31.5. The number of halogens is 3. The maximum absolute atomic E-state index is 12.1. The summed E-state index contributed by atoms with van der Waals surface area (Å²) >= 11 is 12.3. The number of rotatable bonds is 9. The van der Waals surface area contributed by atoms with E-state index in [4.69, 9.17) is 33.7 Å². The first-order valence-electron chi connectivity index (χ1n) is 10.6. The molecule has 2 unspecified atom stereocenters. The smallest absolute Gasteiger partial charge is 0.213 e. The predicted molar refractivity (Wildman–Crippen MR) is 135 cm³/mol. The highest BCUT2D eigenvalue weighted by Gasteiger charge is 2.28. The number of likely N-dealkylation sites (N-methyl/N-ethyl adjacent to an activating group) is 1. The van der Waals surface area contributed by atoms with Gasteiger partial charge < -0.3 is 10.5 Å². The van der Waals surface area contributed by atoms with Crippen LogP contribution < -0.4 is 10.5 Å². The van der Waals surface area contributed by atoms with Crippen LogP contribution in [0, 0.1) is 0 Å². The van der Waals surface area contributed by atoms with Crippen LogP contribution in [-0.2, 0) is 22.9 Å². The Hall–Kier alpha value is -1.02. The summed E-state index contributed by atoms with van der Waals surface area (Å²) in [6.07, 6.45) is 3.23. The second-order valence-corrected chi connectivity index (χ2v) is 11.1. The van der Waals surface area contributed by atoms with Crippen LogP contribution in [0.4, 0.5) is 0 Å². The zero-order valence-corrected chi connectivity index (χ0v) is 21.5. The quantitative estimate of drug-likeness (QED) is 0.500. The van der Waals surface area contributed by atoms with E-state index >= 15 is 0 Å². The standard InChI is InChI=1S/C23H30Cl2N2O3S.ClH/c1-3-12-31(28,29)27(2)10-11-30-18-7-5-17-6-9-23(26)20(19(17)15-18)13-16-4-8-21(24)22(25)14-16;/h4-5,7-8,14-15,20,23H,3,6,9-13,26H2,1-2H3;1H. The summed E-state index contributed by atoms with van der Waals surface area (Å²) in [4.78, 5) is 0. The van der Waals surface area contributed by atoms with E-state index in [2.05, 4.69) is 12.1 Å². The summed E-state index contributed by atoms with van der Waals surface area (Å²) in [5.41, 5.74) is 10.1. The van der Waals surface area contributed by atoms with Gasteiger partial charge in [0.15, 0.2) is 0 Å². The number of hydrogen-bond acceptors (Lipinski definition) is 4. The Balaban J connectivity index is 0.00000363. The normalized spacial score (nSPS) is 18.2. The minimum absolute atomic E-state index is 0. The van der Waals surface area contributed by atoms with Crippen LogP contribution in [0.3, 0.4) is 0 Å². The molecule has 2 N–H and O–H groups in total. The van der Waals surface area contributed by atoms with Gasteiger partial charge >= 0.3 is 0 Å². The maximum Gasteiger partial charge on any atom is 0.213 e. The van der Waals surface area contributed by atoms with Gasteiger partial charge in [0.25, 0.3) is 0 Å². The summed E-state index contributed by atoms with van der Waals surface area (Å²) in [7, 11) is -1.63. The van der Waals surface area contributed by atoms with Crippen molar-refractivity contribution in [3.05, 3.63) is 63.1 Å². The predicted octanol–water partition coefficient (Wildman–Crippen LogP) is 5.07. The SMILES string of the molecule is CCCS(=O)(=O)N(C)CCOc1ccc2c(c1)C(Cc1ccc(Cl)c(Cl)c1)C(N)CC2.Cl. The van der Waals surface area contributed by atoms with Crippen LogP contribution in [-0.4, -0.2) is 44.7 Å². The lowest BCUT2D eigenvalue weighted by atomic mass is 9.76. The molecule has 0 aliphatic heterocycles. The number of hydrogen-bond donors (Lipinski definition) is 1. The van der Waals surface area contributed by atoms with E-state index in [9.17, 15) is 8.42 Å². The second-order valence-electron chi connectivity index (χ2n) is 8.11. The van der Waals surface area contributed by atoms with E-state index < -0.39 is 10.0 Å². The zero-order valence-electron chi connectivity index (χ0n) is 18.4. The maximum atomic E-state index is 12.1. The molecule has 2 aromatic rings. The van der Waals surface area contributed by atoms with Gasteiger partial charge in [0.05, 0.1) is 15.8 Å². The van der Waals surface area contributed by atoms with Crippen molar-refractivity contribution in [3.63, 3.8) is 0 Å². The molecule has 0 radical (unpaired) electrons. The number of ether oxygens (including phenoxy) is 1. The molecule has 3 rings (SSSR count). The van der Waals surface area contributed by atoms with Crippen molar-refractivity contribution in [2.45, 2.75) is 44.6 Å². The van der Waals surface area contributed by atoms with Gasteiger partial charge in [-0.25, -0.2) is 12.7 Å². The molecule has 0 saturated heterocycles. The van der Waals surface area contributed by atoms with Crippen molar-refractivity contribution in [1.82, 2.24) is 4.31 Å². The third kappa shape index (κ3) is 6.75. The molecule has 0 amide bonds. The van der Waals surface area contributed by atoms with E-state index in [0.29, 0.717) is 29.6 Å². The number of aryl methyl sites for hydroxylation is 1. The van der Waals surface area contributed by atoms with Gasteiger partial charge in [0, 0.05) is 25.6 Å². The molecule has 0 heterocycles. The molecule has 0 spiro atoms. The Labute approximate surface area is 207 Å². The van der Waals surface area contributed by atoms with Crippen LogP contribution in [0.15, 0.2) is 36.4 Å². The Morgan fingerprint density at radius 1 is 1.16 bits per heavy atom. The van der Waals surface area contributed by atoms with Crippen molar-refractivity contribution < 1.29 is 13.2 Å². The molecule has 1 aliphatic rings. The molecular weight excluding hydrogens is 491 g/mol. The third-order valence-corrected chi connectivity index (χ3v) is 8.63. The van der Waals surface area contributed by atoms with E-state index in [1.54, 1.807) is 7.05 Å². The molecule has 0 aromatic heterocycles. The van der Waals surface area contributed by atoms with Gasteiger partial charge in [0.1, 0.15) is 12.4 Å². The highest BCUT2D eigenvalue weighted by Crippen LogP contribution is 2.36. The average Bonchev–Trinajstić information content (AvgIpc) is 2.72. The minimum atomic E-state index is -3.22. The molecule has 2 aromatic carbocycles. The monoisotopic (exact) mass is 520 g/mol. The van der Waals surface area contributed by atoms with Crippen LogP contribution >= 0.6 is 35.6 Å². The van der Waals surface area contributed by atoms with Crippen LogP contribution in [0.25, 0.3) is 0 Å².